The van der Waals surface area contributed by atoms with Gasteiger partial charge in [-0.05, 0) is 0 Å². The van der Waals surface area contributed by atoms with Gasteiger partial charge in [-0.25, -0.2) is 15.2 Å². The fraction of sp³-hybridized carbons (Fsp3) is 0.333. The van der Waals surface area contributed by atoms with Gasteiger partial charge in [0.2, 0.25) is 5.95 Å². The highest BCUT2D eigenvalue weighted by Crippen LogP contribution is 2.10. The monoisotopic (exact) mass is 187 g/mol. The third-order valence-electron chi connectivity index (χ3n) is 1.28. The van der Waals surface area contributed by atoms with E-state index in [2.05, 4.69) is 20.7 Å². The number of hydrazine groups is 1. The molecule has 0 amide bonds. The predicted molar refractivity (Wildman–Crippen MR) is 45.4 cm³/mol. The van der Waals surface area contributed by atoms with Crippen molar-refractivity contribution in [2.45, 2.75) is 0 Å². The second-order valence-corrected chi connectivity index (χ2v) is 2.18. The van der Waals surface area contributed by atoms with Gasteiger partial charge in [0.25, 0.3) is 0 Å². The van der Waals surface area contributed by atoms with Crippen molar-refractivity contribution in [3.05, 3.63) is 12.0 Å². The Labute approximate surface area is 74.0 Å². The smallest absolute Gasteiger partial charge is 0.239 e. The molecule has 0 saturated carbocycles. The van der Waals surface area contributed by atoms with Crippen LogP contribution in [0.4, 0.5) is 16.2 Å². The van der Waals surface area contributed by atoms with Crippen LogP contribution in [-0.2, 0) is 0 Å². The van der Waals surface area contributed by atoms with Gasteiger partial charge in [0.05, 0.1) is 12.8 Å². The van der Waals surface area contributed by atoms with Crippen LogP contribution < -0.4 is 16.6 Å². The van der Waals surface area contributed by atoms with Crippen molar-refractivity contribution in [1.82, 2.24) is 9.97 Å². The summed E-state index contributed by atoms with van der Waals surface area (Å²) in [5.74, 6) is 4.56. The van der Waals surface area contributed by atoms with Gasteiger partial charge in [-0.3, -0.25) is 5.43 Å². The Hall–Kier alpha value is -1.47. The van der Waals surface area contributed by atoms with Crippen molar-refractivity contribution < 1.29 is 9.50 Å². The summed E-state index contributed by atoms with van der Waals surface area (Å²) in [7, 11) is 0. The molecule has 6 nitrogen and oxygen atoms in total. The molecule has 0 saturated heterocycles. The lowest BCUT2D eigenvalue weighted by atomic mass is 10.5. The molecule has 0 atom stereocenters. The number of nitrogen functional groups attached to an aromatic ring is 1. The largest absolute Gasteiger partial charge is 0.395 e. The number of rotatable bonds is 4. The molecule has 72 valence electrons. The maximum Gasteiger partial charge on any atom is 0.239 e. The van der Waals surface area contributed by atoms with Gasteiger partial charge in [0.15, 0.2) is 11.6 Å². The lowest BCUT2D eigenvalue weighted by Gasteiger charge is -2.05. The lowest BCUT2D eigenvalue weighted by molar-refractivity contribution is 0.310. The number of nitrogens with one attached hydrogen (secondary N) is 2. The summed E-state index contributed by atoms with van der Waals surface area (Å²) < 4.78 is 12.9. The summed E-state index contributed by atoms with van der Waals surface area (Å²) in [6.07, 6.45) is 0.988. The Morgan fingerprint density at radius 1 is 1.62 bits per heavy atom. The molecule has 0 spiro atoms. The van der Waals surface area contributed by atoms with Gasteiger partial charge in [-0.15, -0.1) is 0 Å². The van der Waals surface area contributed by atoms with E-state index in [0.717, 1.165) is 6.20 Å². The van der Waals surface area contributed by atoms with Crippen molar-refractivity contribution in [2.75, 3.05) is 23.9 Å². The third-order valence-corrected chi connectivity index (χ3v) is 1.28. The predicted octanol–water partition coefficient (Wildman–Crippen LogP) is -0.695. The maximum atomic E-state index is 12.9. The van der Waals surface area contributed by atoms with Crippen molar-refractivity contribution in [1.29, 1.82) is 0 Å². The first kappa shape index (κ1) is 9.62. The van der Waals surface area contributed by atoms with Gasteiger partial charge in [0.1, 0.15) is 0 Å². The molecule has 13 heavy (non-hydrogen) atoms. The molecule has 0 aliphatic rings. The summed E-state index contributed by atoms with van der Waals surface area (Å²) in [6, 6.07) is 0. The maximum absolute atomic E-state index is 12.9. The molecule has 1 aromatic rings. The van der Waals surface area contributed by atoms with Crippen molar-refractivity contribution >= 4 is 11.8 Å². The Kier molecular flexibility index (Phi) is 3.35. The molecule has 1 rings (SSSR count). The third kappa shape index (κ3) is 2.49. The van der Waals surface area contributed by atoms with Crippen molar-refractivity contribution in [3.8, 4) is 0 Å². The van der Waals surface area contributed by atoms with E-state index in [0.29, 0.717) is 0 Å². The van der Waals surface area contributed by atoms with E-state index in [-0.39, 0.29) is 24.9 Å². The number of hydrogen-bond donors (Lipinski definition) is 4. The van der Waals surface area contributed by atoms with Crippen LogP contribution in [0.15, 0.2) is 6.20 Å². The Morgan fingerprint density at radius 2 is 2.38 bits per heavy atom. The molecule has 0 unspecified atom stereocenters. The minimum absolute atomic E-state index is 0.0111. The zero-order valence-electron chi connectivity index (χ0n) is 6.79. The fourth-order valence-electron chi connectivity index (χ4n) is 0.735. The first-order valence-corrected chi connectivity index (χ1v) is 3.62. The van der Waals surface area contributed by atoms with Crippen LogP contribution in [0.1, 0.15) is 0 Å². The number of aromatic nitrogens is 2. The highest BCUT2D eigenvalue weighted by atomic mass is 19.1. The number of hydrogen-bond acceptors (Lipinski definition) is 6. The van der Waals surface area contributed by atoms with Crippen LogP contribution in [0, 0.1) is 5.82 Å². The lowest BCUT2D eigenvalue weighted by Crippen LogP contribution is -2.14. The molecule has 1 aromatic heterocycles. The minimum atomic E-state index is -0.590. The highest BCUT2D eigenvalue weighted by Gasteiger charge is 2.04. The van der Waals surface area contributed by atoms with E-state index >= 15 is 0 Å². The van der Waals surface area contributed by atoms with Crippen LogP contribution in [0.5, 0.6) is 0 Å². The Bertz CT molecular complexity index is 282. The summed E-state index contributed by atoms with van der Waals surface area (Å²) in [5.41, 5.74) is 2.18. The summed E-state index contributed by atoms with van der Waals surface area (Å²) in [4.78, 5) is 7.22. The van der Waals surface area contributed by atoms with Crippen LogP contribution in [0.3, 0.4) is 0 Å². The van der Waals surface area contributed by atoms with E-state index in [1.165, 1.54) is 0 Å². The molecule has 0 aliphatic heterocycles. The number of aliphatic hydroxyl groups excluding tert-OH is 1. The second kappa shape index (κ2) is 4.53. The van der Waals surface area contributed by atoms with Crippen molar-refractivity contribution in [3.63, 3.8) is 0 Å². The zero-order valence-corrected chi connectivity index (χ0v) is 6.79. The van der Waals surface area contributed by atoms with E-state index in [1.807, 2.05) is 0 Å². The molecule has 0 radical (unpaired) electrons. The topological polar surface area (TPSA) is 96.1 Å². The van der Waals surface area contributed by atoms with Gasteiger partial charge in [-0.1, -0.05) is 0 Å². The molecule has 0 bridgehead atoms. The van der Waals surface area contributed by atoms with Crippen LogP contribution in [0.2, 0.25) is 0 Å². The van der Waals surface area contributed by atoms with E-state index < -0.39 is 5.82 Å². The standard InChI is InChI=1S/C6H10FN5O/c7-4-3-10-6(12-8)11-5(4)9-1-2-13/h3,13H,1-2,8H2,(H2,9,10,11,12). The summed E-state index contributed by atoms with van der Waals surface area (Å²) in [6.45, 7) is 0.118. The first-order chi connectivity index (χ1) is 6.27. The van der Waals surface area contributed by atoms with Gasteiger partial charge in [0, 0.05) is 6.54 Å². The number of halogens is 1. The van der Waals surface area contributed by atoms with Crippen molar-refractivity contribution in [2.24, 2.45) is 5.84 Å². The highest BCUT2D eigenvalue weighted by molar-refractivity contribution is 5.40. The molecule has 0 aromatic carbocycles. The number of anilines is 2. The van der Waals surface area contributed by atoms with Crippen LogP contribution in [0.25, 0.3) is 0 Å². The minimum Gasteiger partial charge on any atom is -0.395 e. The average molecular weight is 187 g/mol. The zero-order chi connectivity index (χ0) is 9.68. The van der Waals surface area contributed by atoms with Crippen LogP contribution >= 0.6 is 0 Å². The SMILES string of the molecule is NNc1ncc(F)c(NCCO)n1. The van der Waals surface area contributed by atoms with E-state index in [1.54, 1.807) is 0 Å². The molecule has 7 heteroatoms. The summed E-state index contributed by atoms with van der Waals surface area (Å²) >= 11 is 0. The van der Waals surface area contributed by atoms with Crippen LogP contribution in [-0.4, -0.2) is 28.2 Å². The molecule has 5 N–H and O–H groups in total. The number of nitrogens with two attached hydrogens (primary N) is 1. The normalized spacial score (nSPS) is 9.77. The fourth-order valence-corrected chi connectivity index (χ4v) is 0.735. The Morgan fingerprint density at radius 3 is 3.00 bits per heavy atom. The van der Waals surface area contributed by atoms with E-state index in [4.69, 9.17) is 10.9 Å². The number of aliphatic hydroxyl groups is 1. The van der Waals surface area contributed by atoms with Gasteiger partial charge >= 0.3 is 0 Å². The average Bonchev–Trinajstić information content (AvgIpc) is 2.17. The second-order valence-electron chi connectivity index (χ2n) is 2.18. The van der Waals surface area contributed by atoms with Gasteiger partial charge < -0.3 is 10.4 Å². The first-order valence-electron chi connectivity index (χ1n) is 3.62. The molecular weight excluding hydrogens is 177 g/mol. The molecule has 0 aliphatic carbocycles. The summed E-state index contributed by atoms with van der Waals surface area (Å²) in [5, 5.41) is 11.0. The molecule has 0 fully saturated rings. The quantitative estimate of drug-likeness (QED) is 0.368. The van der Waals surface area contributed by atoms with E-state index in [9.17, 15) is 4.39 Å². The Balaban J connectivity index is 2.78. The molecule has 1 heterocycles. The molecular formula is C6H10FN5O. The van der Waals surface area contributed by atoms with Gasteiger partial charge in [-0.2, -0.15) is 4.98 Å². The number of nitrogens with zero attached hydrogens (tertiary/aromatic N) is 2.